The van der Waals surface area contributed by atoms with Crippen molar-refractivity contribution in [2.45, 2.75) is 19.9 Å². The Morgan fingerprint density at radius 3 is 2.90 bits per heavy atom. The molecule has 0 aromatic heterocycles. The van der Waals surface area contributed by atoms with E-state index < -0.39 is 12.1 Å². The van der Waals surface area contributed by atoms with Gasteiger partial charge >= 0.3 is 6.09 Å². The number of hydrogen-bond donors (Lipinski definition) is 1. The van der Waals surface area contributed by atoms with Crippen LogP contribution >= 0.6 is 0 Å². The molecule has 0 unspecified atom stereocenters. The normalized spacial score (nSPS) is 11.3. The van der Waals surface area contributed by atoms with Crippen molar-refractivity contribution in [3.8, 4) is 6.07 Å². The van der Waals surface area contributed by atoms with Crippen molar-refractivity contribution < 1.29 is 9.53 Å². The lowest BCUT2D eigenvalue weighted by Crippen LogP contribution is -2.31. The smallest absolute Gasteiger partial charge is 0.408 e. The lowest BCUT2D eigenvalue weighted by Gasteiger charge is -2.04. The summed E-state index contributed by atoms with van der Waals surface area (Å²) in [5.41, 5.74) is 0. The third-order valence-electron chi connectivity index (χ3n) is 0.803. The predicted molar refractivity (Wildman–Crippen MR) is 35.2 cm³/mol. The average molecular weight is 142 g/mol. The number of carbonyl (C=O) groups is 1. The first-order valence-corrected chi connectivity index (χ1v) is 3.03. The molecule has 4 heteroatoms. The molecule has 0 rings (SSSR count). The molecule has 0 aliphatic heterocycles. The van der Waals surface area contributed by atoms with E-state index in [1.54, 1.807) is 13.8 Å². The van der Waals surface area contributed by atoms with Crippen LogP contribution in [0.4, 0.5) is 4.79 Å². The number of nitriles is 1. The van der Waals surface area contributed by atoms with Crippen molar-refractivity contribution in [1.29, 1.82) is 5.26 Å². The molecule has 0 saturated carbocycles. The molecule has 1 atom stereocenters. The van der Waals surface area contributed by atoms with E-state index in [0.29, 0.717) is 6.61 Å². The summed E-state index contributed by atoms with van der Waals surface area (Å²) in [5, 5.41) is 10.5. The zero-order valence-corrected chi connectivity index (χ0v) is 6.05. The summed E-state index contributed by atoms with van der Waals surface area (Å²) in [4.78, 5) is 10.5. The second-order valence-corrected chi connectivity index (χ2v) is 1.72. The van der Waals surface area contributed by atoms with Crippen LogP contribution < -0.4 is 5.32 Å². The number of hydrogen-bond acceptors (Lipinski definition) is 3. The van der Waals surface area contributed by atoms with Crippen molar-refractivity contribution in [3.05, 3.63) is 0 Å². The largest absolute Gasteiger partial charge is 0.450 e. The van der Waals surface area contributed by atoms with Crippen molar-refractivity contribution in [2.75, 3.05) is 6.61 Å². The SMILES string of the molecule is CCOC(=O)N[C@H](C)C#N. The second kappa shape index (κ2) is 4.62. The third kappa shape index (κ3) is 3.72. The Labute approximate surface area is 59.8 Å². The fourth-order valence-corrected chi connectivity index (χ4v) is 0.382. The quantitative estimate of drug-likeness (QED) is 0.615. The van der Waals surface area contributed by atoms with E-state index in [2.05, 4.69) is 10.1 Å². The molecular weight excluding hydrogens is 132 g/mol. The Hall–Kier alpha value is -1.24. The molecule has 0 bridgehead atoms. The van der Waals surface area contributed by atoms with Gasteiger partial charge in [-0.1, -0.05) is 0 Å². The molecule has 1 N–H and O–H groups in total. The maximum absolute atomic E-state index is 10.5. The predicted octanol–water partition coefficient (Wildman–Crippen LogP) is 0.645. The van der Waals surface area contributed by atoms with Gasteiger partial charge in [0.25, 0.3) is 0 Å². The zero-order chi connectivity index (χ0) is 7.98. The first kappa shape index (κ1) is 8.76. The van der Waals surface area contributed by atoms with Crippen molar-refractivity contribution >= 4 is 6.09 Å². The minimum absolute atomic E-state index is 0.323. The summed E-state index contributed by atoms with van der Waals surface area (Å²) < 4.78 is 4.51. The van der Waals surface area contributed by atoms with Gasteiger partial charge in [-0.3, -0.25) is 0 Å². The third-order valence-corrected chi connectivity index (χ3v) is 0.803. The number of nitrogens with one attached hydrogen (secondary N) is 1. The van der Waals surface area contributed by atoms with Crippen LogP contribution in [0.2, 0.25) is 0 Å². The minimum Gasteiger partial charge on any atom is -0.450 e. The van der Waals surface area contributed by atoms with Crippen LogP contribution in [0.5, 0.6) is 0 Å². The van der Waals surface area contributed by atoms with Gasteiger partial charge in [0.2, 0.25) is 0 Å². The summed E-state index contributed by atoms with van der Waals surface area (Å²) in [6.07, 6.45) is -0.545. The van der Waals surface area contributed by atoms with Crippen LogP contribution in [0.15, 0.2) is 0 Å². The maximum Gasteiger partial charge on any atom is 0.408 e. The van der Waals surface area contributed by atoms with E-state index in [1.807, 2.05) is 6.07 Å². The molecule has 0 aromatic rings. The summed E-state index contributed by atoms with van der Waals surface area (Å²) in [7, 11) is 0. The van der Waals surface area contributed by atoms with Gasteiger partial charge in [0.05, 0.1) is 12.7 Å². The van der Waals surface area contributed by atoms with Crippen LogP contribution in [-0.2, 0) is 4.74 Å². The highest BCUT2D eigenvalue weighted by molar-refractivity contribution is 5.67. The van der Waals surface area contributed by atoms with E-state index in [-0.39, 0.29) is 0 Å². The van der Waals surface area contributed by atoms with E-state index in [1.165, 1.54) is 0 Å². The van der Waals surface area contributed by atoms with Gasteiger partial charge < -0.3 is 10.1 Å². The van der Waals surface area contributed by atoms with Gasteiger partial charge in [-0.2, -0.15) is 5.26 Å². The first-order chi connectivity index (χ1) is 4.70. The van der Waals surface area contributed by atoms with Crippen LogP contribution in [0.3, 0.4) is 0 Å². The number of alkyl carbamates (subject to hydrolysis) is 1. The molecular formula is C6H10N2O2. The minimum atomic E-state index is -0.545. The number of rotatable bonds is 2. The molecule has 0 fully saturated rings. The summed E-state index contributed by atoms with van der Waals surface area (Å²) in [6, 6.07) is 1.36. The molecule has 0 heterocycles. The molecule has 56 valence electrons. The van der Waals surface area contributed by atoms with Crippen molar-refractivity contribution in [2.24, 2.45) is 0 Å². The van der Waals surface area contributed by atoms with E-state index >= 15 is 0 Å². The Morgan fingerprint density at radius 2 is 2.50 bits per heavy atom. The standard InChI is InChI=1S/C6H10N2O2/c1-3-10-6(9)8-5(2)4-7/h5H,3H2,1-2H3,(H,8,9)/t5-/m1/s1. The lowest BCUT2D eigenvalue weighted by molar-refractivity contribution is 0.151. The Balaban J connectivity index is 3.49. The highest BCUT2D eigenvalue weighted by Crippen LogP contribution is 1.80. The van der Waals surface area contributed by atoms with E-state index in [9.17, 15) is 4.79 Å². The van der Waals surface area contributed by atoms with Crippen LogP contribution in [0.1, 0.15) is 13.8 Å². The summed E-state index contributed by atoms with van der Waals surface area (Å²) in [6.45, 7) is 3.61. The number of ether oxygens (including phenoxy) is 1. The Morgan fingerprint density at radius 1 is 1.90 bits per heavy atom. The maximum atomic E-state index is 10.5. The number of nitrogens with zero attached hydrogens (tertiary/aromatic N) is 1. The first-order valence-electron chi connectivity index (χ1n) is 3.03. The molecule has 4 nitrogen and oxygen atoms in total. The zero-order valence-electron chi connectivity index (χ0n) is 6.05. The highest BCUT2D eigenvalue weighted by atomic mass is 16.5. The molecule has 0 saturated heterocycles. The topological polar surface area (TPSA) is 62.1 Å². The summed E-state index contributed by atoms with van der Waals surface area (Å²) in [5.74, 6) is 0. The molecule has 0 radical (unpaired) electrons. The van der Waals surface area contributed by atoms with Gasteiger partial charge in [0.15, 0.2) is 0 Å². The molecule has 0 aromatic carbocycles. The fourth-order valence-electron chi connectivity index (χ4n) is 0.382. The van der Waals surface area contributed by atoms with Gasteiger partial charge in [-0.25, -0.2) is 4.79 Å². The number of carbonyl (C=O) groups excluding carboxylic acids is 1. The average Bonchev–Trinajstić information content (AvgIpc) is 1.88. The summed E-state index contributed by atoms with van der Waals surface area (Å²) >= 11 is 0. The highest BCUT2D eigenvalue weighted by Gasteiger charge is 2.03. The van der Waals surface area contributed by atoms with Gasteiger partial charge in [0.1, 0.15) is 6.04 Å². The molecule has 0 aliphatic carbocycles. The van der Waals surface area contributed by atoms with Crippen molar-refractivity contribution in [3.63, 3.8) is 0 Å². The Kier molecular flexibility index (Phi) is 4.05. The molecule has 0 spiro atoms. The number of amides is 1. The molecule has 1 amide bonds. The van der Waals surface area contributed by atoms with E-state index in [4.69, 9.17) is 5.26 Å². The van der Waals surface area contributed by atoms with Crippen LogP contribution in [0, 0.1) is 11.3 Å². The van der Waals surface area contributed by atoms with Gasteiger partial charge in [0, 0.05) is 0 Å². The lowest BCUT2D eigenvalue weighted by atomic mass is 10.4. The molecule has 10 heavy (non-hydrogen) atoms. The second-order valence-electron chi connectivity index (χ2n) is 1.72. The van der Waals surface area contributed by atoms with Gasteiger partial charge in [-0.05, 0) is 13.8 Å². The van der Waals surface area contributed by atoms with E-state index in [0.717, 1.165) is 0 Å². The molecule has 0 aliphatic rings. The monoisotopic (exact) mass is 142 g/mol. The van der Waals surface area contributed by atoms with Crippen LogP contribution in [-0.4, -0.2) is 18.7 Å². The Bertz CT molecular complexity index is 150. The van der Waals surface area contributed by atoms with Gasteiger partial charge in [-0.15, -0.1) is 0 Å². The fraction of sp³-hybridized carbons (Fsp3) is 0.667. The van der Waals surface area contributed by atoms with Crippen LogP contribution in [0.25, 0.3) is 0 Å². The van der Waals surface area contributed by atoms with Crippen molar-refractivity contribution in [1.82, 2.24) is 5.32 Å².